The van der Waals surface area contributed by atoms with Gasteiger partial charge in [-0.3, -0.25) is 4.79 Å². The van der Waals surface area contributed by atoms with Crippen molar-refractivity contribution in [3.8, 4) is 11.5 Å². The number of hydrogen-bond acceptors (Lipinski definition) is 3. The Kier molecular flexibility index (Phi) is 8.00. The Morgan fingerprint density at radius 3 is 2.15 bits per heavy atom. The minimum Gasteiger partial charge on any atom is -0.497 e. The number of nitrogens with one attached hydrogen (secondary N) is 1. The van der Waals surface area contributed by atoms with Gasteiger partial charge in [-0.1, -0.05) is 38.1 Å². The van der Waals surface area contributed by atoms with Crippen LogP contribution >= 0.6 is 0 Å². The molecular formula is C22H29NO3. The van der Waals surface area contributed by atoms with Gasteiger partial charge in [0.25, 0.3) is 5.91 Å². The summed E-state index contributed by atoms with van der Waals surface area (Å²) in [4.78, 5) is 12.3. The van der Waals surface area contributed by atoms with Crippen molar-refractivity contribution >= 4 is 5.91 Å². The fourth-order valence-corrected chi connectivity index (χ4v) is 2.70. The standard InChI is InChI=1S/C22H29NO3/c1-4-17-8-14-20(15-9-17)26-21(5-2)22(24)23-16-6-7-18-10-12-19(25-3)13-11-18/h8-15,21H,4-7,16H2,1-3H3,(H,23,24)/t21-/m1/s1. The molecule has 2 rings (SSSR count). The van der Waals surface area contributed by atoms with Gasteiger partial charge in [0.1, 0.15) is 11.5 Å². The molecule has 0 aliphatic heterocycles. The summed E-state index contributed by atoms with van der Waals surface area (Å²) in [7, 11) is 1.66. The molecule has 0 saturated carbocycles. The summed E-state index contributed by atoms with van der Waals surface area (Å²) in [5, 5.41) is 2.98. The minimum absolute atomic E-state index is 0.0539. The molecule has 2 aromatic rings. The molecule has 1 N–H and O–H groups in total. The van der Waals surface area contributed by atoms with Gasteiger partial charge in [-0.05, 0) is 61.1 Å². The van der Waals surface area contributed by atoms with Crippen molar-refractivity contribution in [3.63, 3.8) is 0 Å². The summed E-state index contributed by atoms with van der Waals surface area (Å²) in [5.41, 5.74) is 2.49. The Morgan fingerprint density at radius 2 is 1.58 bits per heavy atom. The lowest BCUT2D eigenvalue weighted by atomic mass is 10.1. The van der Waals surface area contributed by atoms with Crippen LogP contribution in [0.5, 0.6) is 11.5 Å². The van der Waals surface area contributed by atoms with Gasteiger partial charge in [-0.15, -0.1) is 0 Å². The normalized spacial score (nSPS) is 11.7. The highest BCUT2D eigenvalue weighted by molar-refractivity contribution is 5.81. The van der Waals surface area contributed by atoms with Crippen LogP contribution in [0.4, 0.5) is 0 Å². The minimum atomic E-state index is -0.455. The number of carbonyl (C=O) groups excluding carboxylic acids is 1. The zero-order valence-corrected chi connectivity index (χ0v) is 16.0. The predicted octanol–water partition coefficient (Wildman–Crippen LogP) is 4.16. The molecule has 0 unspecified atom stereocenters. The Bertz CT molecular complexity index is 665. The maximum Gasteiger partial charge on any atom is 0.261 e. The van der Waals surface area contributed by atoms with Crippen LogP contribution in [0.2, 0.25) is 0 Å². The number of amides is 1. The zero-order chi connectivity index (χ0) is 18.8. The monoisotopic (exact) mass is 355 g/mol. The van der Waals surface area contributed by atoms with E-state index in [4.69, 9.17) is 9.47 Å². The van der Waals surface area contributed by atoms with Crippen molar-refractivity contribution in [1.82, 2.24) is 5.32 Å². The fraction of sp³-hybridized carbons (Fsp3) is 0.409. The second-order valence-corrected chi connectivity index (χ2v) is 6.25. The zero-order valence-electron chi connectivity index (χ0n) is 16.0. The van der Waals surface area contributed by atoms with Crippen molar-refractivity contribution in [1.29, 1.82) is 0 Å². The van der Waals surface area contributed by atoms with Crippen LogP contribution in [0.3, 0.4) is 0 Å². The molecule has 4 nitrogen and oxygen atoms in total. The van der Waals surface area contributed by atoms with Crippen molar-refractivity contribution < 1.29 is 14.3 Å². The van der Waals surface area contributed by atoms with E-state index in [1.165, 1.54) is 11.1 Å². The van der Waals surface area contributed by atoms with Gasteiger partial charge in [-0.25, -0.2) is 0 Å². The van der Waals surface area contributed by atoms with E-state index in [-0.39, 0.29) is 5.91 Å². The molecule has 0 heterocycles. The number of methoxy groups -OCH3 is 1. The van der Waals surface area contributed by atoms with E-state index in [1.54, 1.807) is 7.11 Å². The average molecular weight is 355 g/mol. The molecule has 140 valence electrons. The predicted molar refractivity (Wildman–Crippen MR) is 105 cm³/mol. The molecule has 26 heavy (non-hydrogen) atoms. The third-order valence-electron chi connectivity index (χ3n) is 4.37. The van der Waals surface area contributed by atoms with Gasteiger partial charge in [0.15, 0.2) is 6.10 Å². The van der Waals surface area contributed by atoms with E-state index in [0.29, 0.717) is 13.0 Å². The van der Waals surface area contributed by atoms with E-state index in [1.807, 2.05) is 43.3 Å². The summed E-state index contributed by atoms with van der Waals surface area (Å²) in [5.74, 6) is 1.54. The number of rotatable bonds is 10. The largest absolute Gasteiger partial charge is 0.497 e. The molecule has 0 aliphatic rings. The van der Waals surface area contributed by atoms with Gasteiger partial charge in [0.05, 0.1) is 7.11 Å². The Balaban J connectivity index is 1.75. The molecule has 0 saturated heterocycles. The summed E-state index contributed by atoms with van der Waals surface area (Å²) < 4.78 is 11.0. The number of carbonyl (C=O) groups is 1. The molecule has 0 fully saturated rings. The summed E-state index contributed by atoms with van der Waals surface area (Å²) in [6.07, 6.45) is 2.98. The maximum absolute atomic E-state index is 12.3. The molecule has 4 heteroatoms. The third-order valence-corrected chi connectivity index (χ3v) is 4.37. The van der Waals surface area contributed by atoms with E-state index in [0.717, 1.165) is 30.8 Å². The molecule has 0 spiro atoms. The van der Waals surface area contributed by atoms with Crippen molar-refractivity contribution in [2.24, 2.45) is 0 Å². The smallest absolute Gasteiger partial charge is 0.261 e. The van der Waals surface area contributed by atoms with Crippen LogP contribution in [0.25, 0.3) is 0 Å². The van der Waals surface area contributed by atoms with Crippen molar-refractivity contribution in [2.75, 3.05) is 13.7 Å². The van der Waals surface area contributed by atoms with Crippen LogP contribution in [-0.2, 0) is 17.6 Å². The SMILES string of the molecule is CCc1ccc(O[C@H](CC)C(=O)NCCCc2ccc(OC)cc2)cc1. The second kappa shape index (κ2) is 10.5. The summed E-state index contributed by atoms with van der Waals surface area (Å²) in [6, 6.07) is 16.0. The number of ether oxygens (including phenoxy) is 2. The highest BCUT2D eigenvalue weighted by Gasteiger charge is 2.17. The summed E-state index contributed by atoms with van der Waals surface area (Å²) >= 11 is 0. The van der Waals surface area contributed by atoms with E-state index in [2.05, 4.69) is 24.4 Å². The average Bonchev–Trinajstić information content (AvgIpc) is 2.70. The first kappa shape index (κ1) is 19.8. The topological polar surface area (TPSA) is 47.6 Å². The number of aryl methyl sites for hydroxylation is 2. The molecule has 2 aromatic carbocycles. The summed E-state index contributed by atoms with van der Waals surface area (Å²) in [6.45, 7) is 4.71. The van der Waals surface area contributed by atoms with E-state index in [9.17, 15) is 4.79 Å². The molecule has 0 aromatic heterocycles. The number of benzene rings is 2. The van der Waals surface area contributed by atoms with Gasteiger partial charge in [0.2, 0.25) is 0 Å². The quantitative estimate of drug-likeness (QED) is 0.651. The van der Waals surface area contributed by atoms with Crippen LogP contribution < -0.4 is 14.8 Å². The number of hydrogen-bond donors (Lipinski definition) is 1. The fourth-order valence-electron chi connectivity index (χ4n) is 2.70. The van der Waals surface area contributed by atoms with Crippen LogP contribution in [-0.4, -0.2) is 25.7 Å². The first-order chi connectivity index (χ1) is 12.7. The highest BCUT2D eigenvalue weighted by Crippen LogP contribution is 2.16. The maximum atomic E-state index is 12.3. The van der Waals surface area contributed by atoms with Crippen LogP contribution in [0, 0.1) is 0 Å². The van der Waals surface area contributed by atoms with Gasteiger partial charge >= 0.3 is 0 Å². The molecule has 0 bridgehead atoms. The van der Waals surface area contributed by atoms with Crippen molar-refractivity contribution in [3.05, 3.63) is 59.7 Å². The van der Waals surface area contributed by atoms with E-state index >= 15 is 0 Å². The van der Waals surface area contributed by atoms with Gasteiger partial charge in [-0.2, -0.15) is 0 Å². The Morgan fingerprint density at radius 1 is 0.962 bits per heavy atom. The van der Waals surface area contributed by atoms with Gasteiger partial charge < -0.3 is 14.8 Å². The van der Waals surface area contributed by atoms with E-state index < -0.39 is 6.10 Å². The first-order valence-electron chi connectivity index (χ1n) is 9.32. The van der Waals surface area contributed by atoms with Crippen molar-refractivity contribution in [2.45, 2.75) is 45.6 Å². The lowest BCUT2D eigenvalue weighted by Gasteiger charge is -2.17. The van der Waals surface area contributed by atoms with Crippen LogP contribution in [0.15, 0.2) is 48.5 Å². The highest BCUT2D eigenvalue weighted by atomic mass is 16.5. The molecule has 0 radical (unpaired) electrons. The molecule has 1 amide bonds. The lowest BCUT2D eigenvalue weighted by Crippen LogP contribution is -2.38. The van der Waals surface area contributed by atoms with Crippen LogP contribution in [0.1, 0.15) is 37.8 Å². The lowest BCUT2D eigenvalue weighted by molar-refractivity contribution is -0.128. The molecule has 1 atom stereocenters. The molecule has 0 aliphatic carbocycles. The van der Waals surface area contributed by atoms with Gasteiger partial charge in [0, 0.05) is 6.54 Å². The molecular weight excluding hydrogens is 326 g/mol. The Hall–Kier alpha value is -2.49. The first-order valence-corrected chi connectivity index (χ1v) is 9.32. The second-order valence-electron chi connectivity index (χ2n) is 6.25. The Labute approximate surface area is 156 Å². The third kappa shape index (κ3) is 6.10.